The molecule has 0 spiro atoms. The SMILES string of the molecule is COc1cc2c(O)c(CCC(C)=O)c(=O)n(C)c2cc1OC. The lowest BCUT2D eigenvalue weighted by Gasteiger charge is -2.14. The molecule has 0 aliphatic heterocycles. The Morgan fingerprint density at radius 3 is 2.36 bits per heavy atom. The fourth-order valence-corrected chi connectivity index (χ4v) is 2.44. The Balaban J connectivity index is 2.75. The van der Waals surface area contributed by atoms with Crippen molar-refractivity contribution in [2.75, 3.05) is 14.2 Å². The van der Waals surface area contributed by atoms with Crippen LogP contribution in [0.15, 0.2) is 16.9 Å². The minimum atomic E-state index is -0.321. The van der Waals surface area contributed by atoms with Gasteiger partial charge < -0.3 is 23.9 Å². The fraction of sp³-hybridized carbons (Fsp3) is 0.375. The zero-order valence-electron chi connectivity index (χ0n) is 13.1. The molecule has 0 fully saturated rings. The monoisotopic (exact) mass is 305 g/mol. The molecule has 0 atom stereocenters. The first-order valence-corrected chi connectivity index (χ1v) is 6.86. The molecule has 0 saturated carbocycles. The second-order valence-corrected chi connectivity index (χ2v) is 5.12. The van der Waals surface area contributed by atoms with Gasteiger partial charge in [-0.25, -0.2) is 0 Å². The molecule has 0 bridgehead atoms. The Morgan fingerprint density at radius 2 is 1.82 bits per heavy atom. The summed E-state index contributed by atoms with van der Waals surface area (Å²) in [6, 6.07) is 3.27. The average Bonchev–Trinajstić information content (AvgIpc) is 2.51. The summed E-state index contributed by atoms with van der Waals surface area (Å²) in [4.78, 5) is 23.5. The number of methoxy groups -OCH3 is 2. The number of benzene rings is 1. The van der Waals surface area contributed by atoms with Gasteiger partial charge in [-0.15, -0.1) is 0 Å². The zero-order chi connectivity index (χ0) is 16.4. The molecular weight excluding hydrogens is 286 g/mol. The van der Waals surface area contributed by atoms with Gasteiger partial charge in [0, 0.05) is 24.9 Å². The Labute approximate surface area is 127 Å². The van der Waals surface area contributed by atoms with Crippen molar-refractivity contribution in [3.05, 3.63) is 28.0 Å². The number of fused-ring (bicyclic) bond motifs is 1. The predicted molar refractivity (Wildman–Crippen MR) is 83.0 cm³/mol. The van der Waals surface area contributed by atoms with E-state index in [4.69, 9.17) is 9.47 Å². The summed E-state index contributed by atoms with van der Waals surface area (Å²) in [6.07, 6.45) is 0.416. The van der Waals surface area contributed by atoms with Crippen LogP contribution in [0.2, 0.25) is 0 Å². The van der Waals surface area contributed by atoms with Gasteiger partial charge in [0.05, 0.1) is 25.3 Å². The van der Waals surface area contributed by atoms with Gasteiger partial charge in [-0.2, -0.15) is 0 Å². The molecule has 6 heteroatoms. The van der Waals surface area contributed by atoms with E-state index in [0.29, 0.717) is 22.4 Å². The van der Waals surface area contributed by atoms with Crippen LogP contribution in [0.4, 0.5) is 0 Å². The van der Waals surface area contributed by atoms with Gasteiger partial charge >= 0.3 is 0 Å². The zero-order valence-corrected chi connectivity index (χ0v) is 13.1. The number of aromatic hydroxyl groups is 1. The van der Waals surface area contributed by atoms with E-state index in [1.54, 1.807) is 19.2 Å². The van der Waals surface area contributed by atoms with E-state index >= 15 is 0 Å². The Kier molecular flexibility index (Phi) is 4.40. The van der Waals surface area contributed by atoms with Crippen molar-refractivity contribution in [1.29, 1.82) is 0 Å². The van der Waals surface area contributed by atoms with Gasteiger partial charge in [0.2, 0.25) is 0 Å². The molecule has 118 valence electrons. The number of hydrogen-bond donors (Lipinski definition) is 1. The van der Waals surface area contributed by atoms with Crippen molar-refractivity contribution in [3.63, 3.8) is 0 Å². The molecule has 0 unspecified atom stereocenters. The van der Waals surface area contributed by atoms with Crippen LogP contribution in [-0.4, -0.2) is 29.7 Å². The van der Waals surface area contributed by atoms with Crippen molar-refractivity contribution in [3.8, 4) is 17.2 Å². The van der Waals surface area contributed by atoms with E-state index in [2.05, 4.69) is 0 Å². The standard InChI is InChI=1S/C16H19NO5/c1-9(18)5-6-10-15(19)11-7-13(21-3)14(22-4)8-12(11)17(2)16(10)20/h7-8,19H,5-6H2,1-4H3. The van der Waals surface area contributed by atoms with E-state index in [-0.39, 0.29) is 35.5 Å². The highest BCUT2D eigenvalue weighted by molar-refractivity contribution is 5.89. The minimum absolute atomic E-state index is 0.0335. The maximum absolute atomic E-state index is 12.4. The molecule has 1 heterocycles. The summed E-state index contributed by atoms with van der Waals surface area (Å²) in [7, 11) is 4.62. The molecule has 1 N–H and O–H groups in total. The van der Waals surface area contributed by atoms with E-state index in [1.165, 1.54) is 25.7 Å². The van der Waals surface area contributed by atoms with Crippen LogP contribution in [0.1, 0.15) is 18.9 Å². The van der Waals surface area contributed by atoms with Gasteiger partial charge in [0.1, 0.15) is 11.5 Å². The summed E-state index contributed by atoms with van der Waals surface area (Å²) < 4.78 is 11.9. The molecule has 0 amide bonds. The highest BCUT2D eigenvalue weighted by atomic mass is 16.5. The average molecular weight is 305 g/mol. The van der Waals surface area contributed by atoms with E-state index in [1.807, 2.05) is 0 Å². The van der Waals surface area contributed by atoms with E-state index in [0.717, 1.165) is 0 Å². The van der Waals surface area contributed by atoms with Crippen LogP contribution in [0, 0.1) is 0 Å². The molecule has 0 radical (unpaired) electrons. The lowest BCUT2D eigenvalue weighted by atomic mass is 10.0. The summed E-state index contributed by atoms with van der Waals surface area (Å²) >= 11 is 0. The molecule has 0 saturated heterocycles. The number of Topliss-reactive ketones (excluding diaryl/α,β-unsaturated/α-hetero) is 1. The number of rotatable bonds is 5. The van der Waals surface area contributed by atoms with Crippen LogP contribution in [0.5, 0.6) is 17.2 Å². The largest absolute Gasteiger partial charge is 0.507 e. The first-order chi connectivity index (χ1) is 10.4. The Hall–Kier alpha value is -2.50. The number of pyridine rings is 1. The number of ether oxygens (including phenoxy) is 2. The molecular formula is C16H19NO5. The van der Waals surface area contributed by atoms with Crippen LogP contribution in [0.3, 0.4) is 0 Å². The van der Waals surface area contributed by atoms with Crippen molar-refractivity contribution < 1.29 is 19.4 Å². The second-order valence-electron chi connectivity index (χ2n) is 5.12. The predicted octanol–water partition coefficient (Wildman–Crippen LogP) is 1.78. The third-order valence-electron chi connectivity index (χ3n) is 3.69. The number of aryl methyl sites for hydroxylation is 1. The maximum Gasteiger partial charge on any atom is 0.257 e. The summed E-state index contributed by atoms with van der Waals surface area (Å²) in [5.74, 6) is 0.788. The van der Waals surface area contributed by atoms with Gasteiger partial charge in [0.15, 0.2) is 11.5 Å². The van der Waals surface area contributed by atoms with Crippen LogP contribution < -0.4 is 15.0 Å². The van der Waals surface area contributed by atoms with Crippen LogP contribution in [-0.2, 0) is 18.3 Å². The summed E-state index contributed by atoms with van der Waals surface area (Å²) in [5.41, 5.74) is 0.447. The highest BCUT2D eigenvalue weighted by Crippen LogP contribution is 2.36. The first-order valence-electron chi connectivity index (χ1n) is 6.86. The third kappa shape index (κ3) is 2.64. The molecule has 0 aliphatic carbocycles. The van der Waals surface area contributed by atoms with Gasteiger partial charge in [-0.1, -0.05) is 0 Å². The van der Waals surface area contributed by atoms with Crippen molar-refractivity contribution in [2.24, 2.45) is 7.05 Å². The number of aromatic nitrogens is 1. The Morgan fingerprint density at radius 1 is 1.23 bits per heavy atom. The van der Waals surface area contributed by atoms with Crippen molar-refractivity contribution >= 4 is 16.7 Å². The lowest BCUT2D eigenvalue weighted by Crippen LogP contribution is -2.22. The normalized spacial score (nSPS) is 10.7. The fourth-order valence-electron chi connectivity index (χ4n) is 2.44. The third-order valence-corrected chi connectivity index (χ3v) is 3.69. The quantitative estimate of drug-likeness (QED) is 0.911. The van der Waals surface area contributed by atoms with Crippen LogP contribution >= 0.6 is 0 Å². The summed E-state index contributed by atoms with van der Waals surface area (Å²) in [5, 5.41) is 10.9. The topological polar surface area (TPSA) is 77.8 Å². The van der Waals surface area contributed by atoms with Gasteiger partial charge in [-0.3, -0.25) is 4.79 Å². The smallest absolute Gasteiger partial charge is 0.257 e. The number of ketones is 1. The number of hydrogen-bond acceptors (Lipinski definition) is 5. The molecule has 6 nitrogen and oxygen atoms in total. The van der Waals surface area contributed by atoms with Gasteiger partial charge in [0.25, 0.3) is 5.56 Å². The van der Waals surface area contributed by atoms with E-state index < -0.39 is 0 Å². The maximum atomic E-state index is 12.4. The molecule has 1 aromatic carbocycles. The molecule has 22 heavy (non-hydrogen) atoms. The highest BCUT2D eigenvalue weighted by Gasteiger charge is 2.18. The molecule has 1 aromatic heterocycles. The molecule has 2 aromatic rings. The van der Waals surface area contributed by atoms with Gasteiger partial charge in [-0.05, 0) is 19.4 Å². The number of carbonyl (C=O) groups excluding carboxylic acids is 1. The summed E-state index contributed by atoms with van der Waals surface area (Å²) in [6.45, 7) is 1.45. The Bertz CT molecular complexity index is 791. The number of nitrogens with zero attached hydrogens (tertiary/aromatic N) is 1. The van der Waals surface area contributed by atoms with E-state index in [9.17, 15) is 14.7 Å². The number of carbonyl (C=O) groups is 1. The van der Waals surface area contributed by atoms with Crippen molar-refractivity contribution in [1.82, 2.24) is 4.57 Å². The second kappa shape index (κ2) is 6.09. The minimum Gasteiger partial charge on any atom is -0.507 e. The van der Waals surface area contributed by atoms with Crippen molar-refractivity contribution in [2.45, 2.75) is 19.8 Å². The molecule has 2 rings (SSSR count). The first kappa shape index (κ1) is 15.9. The molecule has 0 aliphatic rings. The lowest BCUT2D eigenvalue weighted by molar-refractivity contribution is -0.116. The van der Waals surface area contributed by atoms with Crippen LogP contribution in [0.25, 0.3) is 10.9 Å².